The fraction of sp³-hybridized carbons (Fsp3) is 0.368. The smallest absolute Gasteiger partial charge is 0.252 e. The van der Waals surface area contributed by atoms with Crippen molar-refractivity contribution < 1.29 is 4.79 Å². The highest BCUT2D eigenvalue weighted by molar-refractivity contribution is 7.98. The lowest BCUT2D eigenvalue weighted by atomic mass is 10.2. The van der Waals surface area contributed by atoms with Crippen molar-refractivity contribution in [3.05, 3.63) is 53.7 Å². The zero-order valence-corrected chi connectivity index (χ0v) is 15.6. The number of nitrogens with zero attached hydrogens (tertiary/aromatic N) is 3. The number of pyridine rings is 1. The van der Waals surface area contributed by atoms with Gasteiger partial charge in [0.2, 0.25) is 0 Å². The molecule has 0 radical (unpaired) electrons. The van der Waals surface area contributed by atoms with Crippen LogP contribution in [0.2, 0.25) is 0 Å². The molecule has 1 aromatic carbocycles. The Morgan fingerprint density at radius 3 is 2.68 bits per heavy atom. The first-order valence-electron chi connectivity index (χ1n) is 8.47. The number of hydrogen-bond acceptors (Lipinski definition) is 5. The number of aromatic nitrogens is 1. The summed E-state index contributed by atoms with van der Waals surface area (Å²) in [5.41, 5.74) is 1.78. The number of anilines is 1. The summed E-state index contributed by atoms with van der Waals surface area (Å²) in [6, 6.07) is 11.7. The maximum atomic E-state index is 12.6. The van der Waals surface area contributed by atoms with Crippen LogP contribution in [0.1, 0.15) is 15.9 Å². The summed E-state index contributed by atoms with van der Waals surface area (Å²) >= 11 is 1.59. The third kappa shape index (κ3) is 4.32. The van der Waals surface area contributed by atoms with Gasteiger partial charge in [-0.25, -0.2) is 4.98 Å². The van der Waals surface area contributed by atoms with E-state index in [1.54, 1.807) is 11.8 Å². The Hall–Kier alpha value is -2.05. The van der Waals surface area contributed by atoms with Crippen LogP contribution >= 0.6 is 11.8 Å². The number of nitrogens with one attached hydrogen (secondary N) is 1. The van der Waals surface area contributed by atoms with Crippen molar-refractivity contribution in [2.45, 2.75) is 11.4 Å². The third-order valence-electron chi connectivity index (χ3n) is 4.46. The number of amides is 1. The maximum Gasteiger partial charge on any atom is 0.252 e. The van der Waals surface area contributed by atoms with E-state index in [1.165, 1.54) is 0 Å². The Kier molecular flexibility index (Phi) is 5.94. The highest BCUT2D eigenvalue weighted by atomic mass is 32.2. The first kappa shape index (κ1) is 17.8. The van der Waals surface area contributed by atoms with Gasteiger partial charge in [0.05, 0.1) is 5.56 Å². The van der Waals surface area contributed by atoms with Gasteiger partial charge in [0, 0.05) is 49.4 Å². The number of rotatable bonds is 5. The standard InChI is InChI=1S/C19H24N4OS/c1-22-10-12-23(13-11-22)18-15(6-5-9-20-18)14-21-19(24)16-7-3-4-8-17(16)25-2/h3-9H,10-14H2,1-2H3,(H,21,24). The van der Waals surface area contributed by atoms with Gasteiger partial charge in [0.1, 0.15) is 5.82 Å². The Bertz CT molecular complexity index is 729. The molecule has 1 saturated heterocycles. The monoisotopic (exact) mass is 356 g/mol. The average Bonchev–Trinajstić information content (AvgIpc) is 2.67. The molecule has 0 atom stereocenters. The molecule has 0 saturated carbocycles. The predicted molar refractivity (Wildman–Crippen MR) is 103 cm³/mol. The fourth-order valence-electron chi connectivity index (χ4n) is 2.97. The van der Waals surface area contributed by atoms with E-state index < -0.39 is 0 Å². The van der Waals surface area contributed by atoms with Crippen molar-refractivity contribution in [2.24, 2.45) is 0 Å². The molecule has 1 amide bonds. The Morgan fingerprint density at radius 2 is 1.92 bits per heavy atom. The van der Waals surface area contributed by atoms with Crippen molar-refractivity contribution in [2.75, 3.05) is 44.4 Å². The second-order valence-electron chi connectivity index (χ2n) is 6.16. The minimum atomic E-state index is -0.0434. The van der Waals surface area contributed by atoms with Gasteiger partial charge < -0.3 is 15.1 Å². The molecule has 0 aliphatic carbocycles. The summed E-state index contributed by atoms with van der Waals surface area (Å²) < 4.78 is 0. The van der Waals surface area contributed by atoms with E-state index in [4.69, 9.17) is 0 Å². The van der Waals surface area contributed by atoms with Crippen LogP contribution in [0.4, 0.5) is 5.82 Å². The average molecular weight is 356 g/mol. The molecule has 25 heavy (non-hydrogen) atoms. The van der Waals surface area contributed by atoms with E-state index in [0.29, 0.717) is 6.54 Å². The molecule has 0 bridgehead atoms. The van der Waals surface area contributed by atoms with Crippen molar-refractivity contribution in [3.8, 4) is 0 Å². The molecule has 1 N–H and O–H groups in total. The minimum absolute atomic E-state index is 0.0434. The SMILES string of the molecule is CSc1ccccc1C(=O)NCc1cccnc1N1CCN(C)CC1. The summed E-state index contributed by atoms with van der Waals surface area (Å²) in [6.07, 6.45) is 3.81. The number of thioether (sulfide) groups is 1. The van der Waals surface area contributed by atoms with E-state index >= 15 is 0 Å². The molecule has 1 aliphatic rings. The van der Waals surface area contributed by atoms with E-state index in [2.05, 4.69) is 27.1 Å². The molecule has 1 aliphatic heterocycles. The van der Waals surface area contributed by atoms with Crippen LogP contribution in [-0.4, -0.2) is 55.3 Å². The van der Waals surface area contributed by atoms with Crippen LogP contribution in [0.15, 0.2) is 47.5 Å². The maximum absolute atomic E-state index is 12.6. The summed E-state index contributed by atoms with van der Waals surface area (Å²) in [6.45, 7) is 4.47. The largest absolute Gasteiger partial charge is 0.354 e. The van der Waals surface area contributed by atoms with Crippen LogP contribution in [0.25, 0.3) is 0 Å². The van der Waals surface area contributed by atoms with E-state index in [9.17, 15) is 4.79 Å². The van der Waals surface area contributed by atoms with E-state index in [0.717, 1.165) is 48.0 Å². The molecule has 5 nitrogen and oxygen atoms in total. The number of carbonyl (C=O) groups is 1. The summed E-state index contributed by atoms with van der Waals surface area (Å²) in [5.74, 6) is 0.937. The third-order valence-corrected chi connectivity index (χ3v) is 5.26. The van der Waals surface area contributed by atoms with Gasteiger partial charge in [-0.15, -0.1) is 11.8 Å². The normalized spacial score (nSPS) is 15.2. The van der Waals surface area contributed by atoms with Gasteiger partial charge in [0.25, 0.3) is 5.91 Å². The second-order valence-corrected chi connectivity index (χ2v) is 7.01. The lowest BCUT2D eigenvalue weighted by molar-refractivity contribution is 0.0948. The van der Waals surface area contributed by atoms with Crippen molar-refractivity contribution in [1.82, 2.24) is 15.2 Å². The first-order chi connectivity index (χ1) is 12.2. The van der Waals surface area contributed by atoms with Crippen LogP contribution in [0.3, 0.4) is 0 Å². The number of likely N-dealkylation sites (N-methyl/N-ethyl adjacent to an activating group) is 1. The zero-order chi connectivity index (χ0) is 17.6. The van der Waals surface area contributed by atoms with Crippen molar-refractivity contribution >= 4 is 23.5 Å². The molecule has 3 rings (SSSR count). The predicted octanol–water partition coefficient (Wildman–Crippen LogP) is 2.49. The highest BCUT2D eigenvalue weighted by Gasteiger charge is 2.18. The lowest BCUT2D eigenvalue weighted by Crippen LogP contribution is -2.45. The van der Waals surface area contributed by atoms with Gasteiger partial charge >= 0.3 is 0 Å². The molecule has 0 unspecified atom stereocenters. The molecule has 2 heterocycles. The number of piperazine rings is 1. The quantitative estimate of drug-likeness (QED) is 0.834. The fourth-order valence-corrected chi connectivity index (χ4v) is 3.57. The van der Waals surface area contributed by atoms with Crippen molar-refractivity contribution in [3.63, 3.8) is 0 Å². The molecule has 1 fully saturated rings. The van der Waals surface area contributed by atoms with Gasteiger partial charge in [-0.05, 0) is 31.5 Å². The number of carbonyl (C=O) groups excluding carboxylic acids is 1. The molecular formula is C19H24N4OS. The van der Waals surface area contributed by atoms with Crippen LogP contribution in [-0.2, 0) is 6.54 Å². The second kappa shape index (κ2) is 8.36. The van der Waals surface area contributed by atoms with Crippen LogP contribution in [0.5, 0.6) is 0 Å². The lowest BCUT2D eigenvalue weighted by Gasteiger charge is -2.34. The number of hydrogen-bond donors (Lipinski definition) is 1. The summed E-state index contributed by atoms with van der Waals surface area (Å²) in [7, 11) is 2.14. The Morgan fingerprint density at radius 1 is 1.16 bits per heavy atom. The highest BCUT2D eigenvalue weighted by Crippen LogP contribution is 2.21. The molecule has 0 spiro atoms. The molecule has 6 heteroatoms. The van der Waals surface area contributed by atoms with E-state index in [1.807, 2.05) is 48.9 Å². The zero-order valence-electron chi connectivity index (χ0n) is 14.7. The minimum Gasteiger partial charge on any atom is -0.354 e. The molecule has 1 aromatic heterocycles. The van der Waals surface area contributed by atoms with Gasteiger partial charge in [0.15, 0.2) is 0 Å². The van der Waals surface area contributed by atoms with Crippen LogP contribution < -0.4 is 10.2 Å². The summed E-state index contributed by atoms with van der Waals surface area (Å²) in [4.78, 5) is 22.7. The molecular weight excluding hydrogens is 332 g/mol. The van der Waals surface area contributed by atoms with Crippen molar-refractivity contribution in [1.29, 1.82) is 0 Å². The number of benzene rings is 1. The Balaban J connectivity index is 1.70. The topological polar surface area (TPSA) is 48.5 Å². The summed E-state index contributed by atoms with van der Waals surface area (Å²) in [5, 5.41) is 3.05. The molecule has 132 valence electrons. The van der Waals surface area contributed by atoms with Crippen LogP contribution in [0, 0.1) is 0 Å². The van der Waals surface area contributed by atoms with Gasteiger partial charge in [-0.2, -0.15) is 0 Å². The van der Waals surface area contributed by atoms with Gasteiger partial charge in [-0.1, -0.05) is 18.2 Å². The van der Waals surface area contributed by atoms with E-state index in [-0.39, 0.29) is 5.91 Å². The van der Waals surface area contributed by atoms with Gasteiger partial charge in [-0.3, -0.25) is 4.79 Å². The Labute approximate surface area is 153 Å². The first-order valence-corrected chi connectivity index (χ1v) is 9.70. The molecule has 2 aromatic rings.